The van der Waals surface area contributed by atoms with E-state index >= 15 is 0 Å². The van der Waals surface area contributed by atoms with Gasteiger partial charge in [-0.2, -0.15) is 0 Å². The van der Waals surface area contributed by atoms with Crippen molar-refractivity contribution in [3.05, 3.63) is 61.8 Å². The zero-order valence-corrected chi connectivity index (χ0v) is 18.5. The summed E-state index contributed by atoms with van der Waals surface area (Å²) >= 11 is 2.72. The zero-order valence-electron chi connectivity index (χ0n) is 15.6. The van der Waals surface area contributed by atoms with Crippen LogP contribution in [0.5, 0.6) is 11.5 Å². The zero-order chi connectivity index (χ0) is 21.8. The van der Waals surface area contributed by atoms with E-state index in [2.05, 4.69) is 0 Å². The van der Waals surface area contributed by atoms with Crippen molar-refractivity contribution < 1.29 is 33.4 Å². The summed E-state index contributed by atoms with van der Waals surface area (Å²) in [6.07, 6.45) is 1.49. The van der Waals surface area contributed by atoms with Crippen LogP contribution in [0, 0.1) is 9.39 Å². The van der Waals surface area contributed by atoms with Gasteiger partial charge in [0.05, 0.1) is 15.6 Å². The molecule has 0 radical (unpaired) electrons. The van der Waals surface area contributed by atoms with Crippen LogP contribution < -0.4 is 9.47 Å². The van der Waals surface area contributed by atoms with Crippen LogP contribution in [0.15, 0.2) is 41.3 Å². The lowest BCUT2D eigenvalue weighted by Gasteiger charge is -2.14. The minimum absolute atomic E-state index is 0.118. The fourth-order valence-electron chi connectivity index (χ4n) is 2.67. The summed E-state index contributed by atoms with van der Waals surface area (Å²) in [6, 6.07) is 9.42. The van der Waals surface area contributed by atoms with Gasteiger partial charge >= 0.3 is 5.97 Å². The Bertz CT molecular complexity index is 1060. The average Bonchev–Trinajstić information content (AvgIpc) is 2.94. The molecule has 1 saturated heterocycles. The third-order valence-electron chi connectivity index (χ3n) is 3.99. The van der Waals surface area contributed by atoms with Crippen molar-refractivity contribution in [1.29, 1.82) is 0 Å². The van der Waals surface area contributed by atoms with Crippen LogP contribution >= 0.6 is 34.4 Å². The summed E-state index contributed by atoms with van der Waals surface area (Å²) in [7, 11) is 1.46. The lowest BCUT2D eigenvalue weighted by Crippen LogP contribution is -2.33. The fraction of sp³-hybridized carbons (Fsp3) is 0.150. The number of carbonyl (C=O) groups excluding carboxylic acids is 2. The van der Waals surface area contributed by atoms with E-state index in [1.807, 2.05) is 22.6 Å². The van der Waals surface area contributed by atoms with Gasteiger partial charge in [-0.25, -0.2) is 4.39 Å². The molecule has 1 fully saturated rings. The Hall–Kier alpha value is -2.60. The van der Waals surface area contributed by atoms with Crippen LogP contribution in [0.3, 0.4) is 0 Å². The Morgan fingerprint density at radius 3 is 2.73 bits per heavy atom. The van der Waals surface area contributed by atoms with E-state index in [9.17, 15) is 18.8 Å². The molecule has 30 heavy (non-hydrogen) atoms. The molecule has 0 atom stereocenters. The number of nitrogens with zero attached hydrogens (tertiary/aromatic N) is 1. The van der Waals surface area contributed by atoms with Gasteiger partial charge in [-0.05, 0) is 75.8 Å². The van der Waals surface area contributed by atoms with Crippen molar-refractivity contribution in [2.45, 2.75) is 6.61 Å². The lowest BCUT2D eigenvalue weighted by atomic mass is 10.1. The van der Waals surface area contributed by atoms with E-state index in [0.29, 0.717) is 42.9 Å². The first-order valence-corrected chi connectivity index (χ1v) is 10.4. The number of imide groups is 1. The largest absolute Gasteiger partial charge is 0.493 e. The van der Waals surface area contributed by atoms with Crippen LogP contribution in [0.4, 0.5) is 9.18 Å². The SMILES string of the molecule is COc1cc(/C=C2/SC(=O)N(CC(=O)O)C2=O)cc(I)c1OCc1cccc(F)c1. The number of hydrogen-bond donors (Lipinski definition) is 1. The molecule has 156 valence electrons. The molecule has 0 aliphatic carbocycles. The molecule has 0 spiro atoms. The fourth-order valence-corrected chi connectivity index (χ4v) is 4.29. The Morgan fingerprint density at radius 2 is 2.07 bits per heavy atom. The van der Waals surface area contributed by atoms with Gasteiger partial charge in [-0.1, -0.05) is 12.1 Å². The van der Waals surface area contributed by atoms with E-state index in [1.165, 1.54) is 25.3 Å². The lowest BCUT2D eigenvalue weighted by molar-refractivity contribution is -0.140. The summed E-state index contributed by atoms with van der Waals surface area (Å²) in [4.78, 5) is 35.8. The topological polar surface area (TPSA) is 93.1 Å². The summed E-state index contributed by atoms with van der Waals surface area (Å²) in [6.45, 7) is -0.548. The molecular weight excluding hydrogens is 528 g/mol. The van der Waals surface area contributed by atoms with Gasteiger partial charge in [0.2, 0.25) is 0 Å². The number of aliphatic carboxylic acids is 1. The molecule has 7 nitrogen and oxygen atoms in total. The van der Waals surface area contributed by atoms with Crippen molar-refractivity contribution in [1.82, 2.24) is 4.90 Å². The third kappa shape index (κ3) is 5.11. The van der Waals surface area contributed by atoms with Crippen molar-refractivity contribution in [3.8, 4) is 11.5 Å². The maximum absolute atomic E-state index is 13.3. The number of amides is 2. The van der Waals surface area contributed by atoms with E-state index in [0.717, 1.165) is 0 Å². The molecule has 2 aromatic carbocycles. The second-order valence-corrected chi connectivity index (χ2v) is 8.27. The van der Waals surface area contributed by atoms with Crippen LogP contribution in [0.25, 0.3) is 6.08 Å². The molecule has 1 heterocycles. The predicted octanol–water partition coefficient (Wildman–Crippen LogP) is 4.14. The van der Waals surface area contributed by atoms with Gasteiger partial charge in [-0.15, -0.1) is 0 Å². The summed E-state index contributed by atoms with van der Waals surface area (Å²) in [5.41, 5.74) is 1.24. The number of halogens is 2. The first-order chi connectivity index (χ1) is 14.3. The molecule has 10 heteroatoms. The maximum atomic E-state index is 13.3. The average molecular weight is 543 g/mol. The molecule has 2 aromatic rings. The molecule has 0 saturated carbocycles. The third-order valence-corrected chi connectivity index (χ3v) is 5.70. The molecule has 3 rings (SSSR count). The molecule has 1 aliphatic heterocycles. The number of carbonyl (C=O) groups is 3. The summed E-state index contributed by atoms with van der Waals surface area (Å²) < 4.78 is 25.2. The maximum Gasteiger partial charge on any atom is 0.323 e. The van der Waals surface area contributed by atoms with Gasteiger partial charge in [0.15, 0.2) is 11.5 Å². The second kappa shape index (κ2) is 9.47. The van der Waals surface area contributed by atoms with Crippen LogP contribution in [0.2, 0.25) is 0 Å². The predicted molar refractivity (Wildman–Crippen MR) is 117 cm³/mol. The summed E-state index contributed by atoms with van der Waals surface area (Å²) in [5, 5.41) is 8.21. The highest BCUT2D eigenvalue weighted by Gasteiger charge is 2.36. The highest BCUT2D eigenvalue weighted by molar-refractivity contribution is 14.1. The van der Waals surface area contributed by atoms with Crippen molar-refractivity contribution in [2.75, 3.05) is 13.7 Å². The number of methoxy groups -OCH3 is 1. The van der Waals surface area contributed by atoms with Crippen molar-refractivity contribution in [3.63, 3.8) is 0 Å². The Morgan fingerprint density at radius 1 is 1.30 bits per heavy atom. The number of rotatable bonds is 7. The number of hydrogen-bond acceptors (Lipinski definition) is 6. The molecule has 0 aromatic heterocycles. The quantitative estimate of drug-likeness (QED) is 0.415. The molecule has 1 N–H and O–H groups in total. The molecular formula is C20H15FINO6S. The molecule has 0 unspecified atom stereocenters. The van der Waals surface area contributed by atoms with Crippen molar-refractivity contribution >= 4 is 57.5 Å². The Kier molecular flexibility index (Phi) is 6.98. The van der Waals surface area contributed by atoms with Crippen molar-refractivity contribution in [2.24, 2.45) is 0 Å². The molecule has 0 bridgehead atoms. The number of thioether (sulfide) groups is 1. The second-order valence-electron chi connectivity index (χ2n) is 6.11. The van der Waals surface area contributed by atoms with Crippen LogP contribution in [0.1, 0.15) is 11.1 Å². The number of ether oxygens (including phenoxy) is 2. The van der Waals surface area contributed by atoms with Gasteiger partial charge < -0.3 is 14.6 Å². The number of carboxylic acid groups (broad SMARTS) is 1. The number of benzene rings is 2. The van der Waals surface area contributed by atoms with Gasteiger partial charge in [0, 0.05) is 0 Å². The monoisotopic (exact) mass is 543 g/mol. The molecule has 2 amide bonds. The number of carboxylic acids is 1. The summed E-state index contributed by atoms with van der Waals surface area (Å²) in [5.74, 6) is -1.43. The standard InChI is InChI=1S/C20H15FINO6S/c1-28-15-7-12(8-16-19(26)23(9-17(24)25)20(27)30-16)6-14(22)18(15)29-10-11-3-2-4-13(21)5-11/h2-8H,9-10H2,1H3,(H,24,25)/b16-8+. The first-order valence-electron chi connectivity index (χ1n) is 8.50. The van der Waals surface area contributed by atoms with Gasteiger partial charge in [0.25, 0.3) is 11.1 Å². The van der Waals surface area contributed by atoms with E-state index in [4.69, 9.17) is 14.6 Å². The smallest absolute Gasteiger partial charge is 0.323 e. The minimum atomic E-state index is -1.27. The van der Waals surface area contributed by atoms with Crippen LogP contribution in [-0.2, 0) is 16.2 Å². The van der Waals surface area contributed by atoms with E-state index in [1.54, 1.807) is 24.3 Å². The first kappa shape index (κ1) is 22.1. The van der Waals surface area contributed by atoms with E-state index in [-0.39, 0.29) is 17.3 Å². The normalized spacial score (nSPS) is 15.0. The molecule has 1 aliphatic rings. The van der Waals surface area contributed by atoms with E-state index < -0.39 is 23.7 Å². The highest BCUT2D eigenvalue weighted by Crippen LogP contribution is 2.37. The van der Waals surface area contributed by atoms with Crippen LogP contribution in [-0.4, -0.2) is 40.8 Å². The van der Waals surface area contributed by atoms with Gasteiger partial charge in [-0.3, -0.25) is 19.3 Å². The minimum Gasteiger partial charge on any atom is -0.493 e. The highest BCUT2D eigenvalue weighted by atomic mass is 127. The van der Waals surface area contributed by atoms with Gasteiger partial charge in [0.1, 0.15) is 19.0 Å². The Labute approximate surface area is 189 Å². The Balaban J connectivity index is 1.83.